The number of halogens is 36. The predicted octanol–water partition coefficient (Wildman–Crippen LogP) is 21.3. The molecule has 10 nitrogen and oxygen atoms in total. The molecule has 12 fully saturated rings. The molecule has 0 aliphatic heterocycles. The molecule has 30 unspecified atom stereocenters. The van der Waals surface area contributed by atoms with Gasteiger partial charge in [0.25, 0.3) is 33.6 Å². The molecule has 738 valence electrons. The average Bonchev–Trinajstić information content (AvgIpc) is 1.57. The molecule has 0 aromatic carbocycles. The Bertz CT molecular complexity index is 4000. The summed E-state index contributed by atoms with van der Waals surface area (Å²) < 4.78 is 473. The van der Waals surface area contributed by atoms with Crippen LogP contribution in [0, 0.1) is 166 Å². The highest BCUT2D eigenvalue weighted by Crippen LogP contribution is 2.71. The molecule has 46 heteroatoms. The van der Waals surface area contributed by atoms with E-state index in [2.05, 4.69) is 41.2 Å². The Morgan fingerprint density at radius 2 is 0.457 bits per heavy atom. The Balaban J connectivity index is 0.000000133. The minimum atomic E-state index is -5.82. The molecule has 0 radical (unpaired) electrons. The van der Waals surface area contributed by atoms with Crippen molar-refractivity contribution in [3.8, 4) is 0 Å². The number of allylic oxidation sites excluding steroid dienone is 11. The molecule has 0 saturated heterocycles. The normalized spacial score (nSPS) is 38.2. The number of hydrogen-bond donors (Lipinski definition) is 6. The molecule has 0 aromatic heterocycles. The van der Waals surface area contributed by atoms with Gasteiger partial charge in [0.1, 0.15) is 0 Å². The first-order valence-corrected chi connectivity index (χ1v) is 42.4. The maximum atomic E-state index is 12.9. The van der Waals surface area contributed by atoms with E-state index in [0.717, 1.165) is 51.4 Å². The standard InChI is InChI=1S/C17H20F6O2.C16H18F6O2.C16H18F6O.C12H14F6O2.C11H12F6O2.C11H12F6O/c18-16(19,20)15(24,17(21,22)23)7-25-6-11-4-10-5-12(11)14-9-2-1-8(3-9)13(10)14;17-15(18,19)14(23,16(20,21)22)6-24-11-5-9-4-10(11)13-8-2-1-7(3-8)12(9)13;17-15(18,19)14(23,16(20,21)22)6-10-4-9-5-11(10)13-8-2-1-7(3-8)12(9)13;13-11(14,15)10(19,12(16,17)18)6-20-5-9-4-7-1-2-8(9)3-7;12-10(13,14)9(18,11(15,16)17)5-19-8-4-6-1-2-7(8)3-6;12-10(13,14)9(18,11(15,16)17)5-8-4-6-1-2-7(8)3-6/h1-2,8-14,24H,3-7H2;1-2,7-13,23H,3-6H2;1-2,7-13,23H,3-6H2;1-2,7-9,19H,3-6H2;1-2,6-8,18H,3-5H2;1-2,6-8,18H,3-5H2. The maximum Gasteiger partial charge on any atom is 0.428 e. The van der Waals surface area contributed by atoms with Crippen molar-refractivity contribution in [2.24, 2.45) is 166 Å². The van der Waals surface area contributed by atoms with Crippen LogP contribution in [0.2, 0.25) is 0 Å². The first kappa shape index (κ1) is 102. The molecule has 18 rings (SSSR count). The fraction of sp³-hybridized carbons (Fsp3) is 0.855. The highest BCUT2D eigenvalue weighted by molar-refractivity contribution is 5.25. The van der Waals surface area contributed by atoms with Gasteiger partial charge in [-0.2, -0.15) is 158 Å². The molecule has 30 atom stereocenters. The molecule has 12 saturated carbocycles. The minimum absolute atomic E-state index is 0.00525. The van der Waals surface area contributed by atoms with E-state index < -0.39 is 171 Å². The lowest BCUT2D eigenvalue weighted by molar-refractivity contribution is -0.381. The quantitative estimate of drug-likeness (QED) is 0.0443. The topological polar surface area (TPSA) is 158 Å². The van der Waals surface area contributed by atoms with Crippen LogP contribution in [-0.4, -0.2) is 190 Å². The van der Waals surface area contributed by atoms with Crippen LogP contribution in [0.1, 0.15) is 109 Å². The van der Waals surface area contributed by atoms with Crippen LogP contribution in [0.4, 0.5) is 158 Å². The summed E-state index contributed by atoms with van der Waals surface area (Å²) >= 11 is 0. The number of rotatable bonds is 18. The van der Waals surface area contributed by atoms with Gasteiger partial charge in [0.2, 0.25) is 0 Å². The fourth-order valence-electron chi connectivity index (χ4n) is 26.0. The van der Waals surface area contributed by atoms with Gasteiger partial charge in [-0.05, 0) is 269 Å². The molecule has 0 heterocycles. The second-order valence-electron chi connectivity index (χ2n) is 39.1. The Morgan fingerprint density at radius 3 is 0.775 bits per heavy atom. The van der Waals surface area contributed by atoms with Crippen LogP contribution in [0.15, 0.2) is 72.9 Å². The molecule has 0 spiro atoms. The number of hydrogen-bond acceptors (Lipinski definition) is 10. The lowest BCUT2D eigenvalue weighted by atomic mass is 9.67. The molecule has 0 amide bonds. The summed E-state index contributed by atoms with van der Waals surface area (Å²) in [5.74, 6) is 5.42. The molecule has 18 aliphatic carbocycles. The van der Waals surface area contributed by atoms with E-state index in [1.165, 1.54) is 0 Å². The zero-order chi connectivity index (χ0) is 95.9. The van der Waals surface area contributed by atoms with E-state index in [1.807, 2.05) is 24.3 Å². The SMILES string of the molecule is OC(CC1CC2C=CC1C2)(C(F)(F)F)C(F)(F)F.OC(CC1CC2CC1C1C3C=CC(C3)C21)(C(F)(F)F)C(F)(F)F.OC(COC1CC2C=CC1C2)(C(F)(F)F)C(F)(F)F.OC(COC1CC2CC1C1C3C=CC(C3)C21)(C(F)(F)F)C(F)(F)F.OC(COCC1CC2C=CC1C2)(C(F)(F)F)C(F)(F)F.OC(COCC1CC2CC1C1C3C=CC(C3)C21)(C(F)(F)F)C(F)(F)F. The van der Waals surface area contributed by atoms with Gasteiger partial charge in [-0.3, -0.25) is 0 Å². The summed E-state index contributed by atoms with van der Waals surface area (Å²) in [7, 11) is 0. The van der Waals surface area contributed by atoms with Crippen molar-refractivity contribution in [1.29, 1.82) is 0 Å². The van der Waals surface area contributed by atoms with Crippen molar-refractivity contribution in [3.63, 3.8) is 0 Å². The third-order valence-electron chi connectivity index (χ3n) is 32.1. The second kappa shape index (κ2) is 34.3. The third kappa shape index (κ3) is 18.6. The Morgan fingerprint density at radius 1 is 0.202 bits per heavy atom. The van der Waals surface area contributed by atoms with Gasteiger partial charge in [-0.25, -0.2) is 0 Å². The van der Waals surface area contributed by atoms with E-state index >= 15 is 0 Å². The van der Waals surface area contributed by atoms with Crippen molar-refractivity contribution in [2.45, 2.75) is 229 Å². The molecule has 18 bridgehead atoms. The van der Waals surface area contributed by atoms with Crippen LogP contribution in [0.5, 0.6) is 0 Å². The Labute approximate surface area is 713 Å². The van der Waals surface area contributed by atoms with Crippen LogP contribution < -0.4 is 0 Å². The molecular weight excluding hydrogens is 1840 g/mol. The maximum absolute atomic E-state index is 12.9. The van der Waals surface area contributed by atoms with E-state index in [1.54, 1.807) is 12.2 Å². The lowest BCUT2D eigenvalue weighted by Gasteiger charge is -2.41. The second-order valence-corrected chi connectivity index (χ2v) is 39.1. The first-order valence-electron chi connectivity index (χ1n) is 42.4. The van der Waals surface area contributed by atoms with Crippen molar-refractivity contribution in [3.05, 3.63) is 72.9 Å². The first-order chi connectivity index (χ1) is 58.7. The van der Waals surface area contributed by atoms with Crippen molar-refractivity contribution < 1.29 is 208 Å². The molecule has 0 aromatic rings. The Kier molecular flexibility index (Phi) is 27.1. The third-order valence-corrected chi connectivity index (χ3v) is 32.1. The van der Waals surface area contributed by atoms with E-state index in [0.29, 0.717) is 127 Å². The van der Waals surface area contributed by atoms with Crippen molar-refractivity contribution in [1.82, 2.24) is 0 Å². The highest BCUT2D eigenvalue weighted by atomic mass is 19.5. The van der Waals surface area contributed by atoms with E-state index in [4.69, 9.17) is 34.6 Å². The lowest BCUT2D eigenvalue weighted by Crippen LogP contribution is -2.60. The average molecular weight is 1940 g/mol. The fourth-order valence-corrected chi connectivity index (χ4v) is 26.0. The van der Waals surface area contributed by atoms with Gasteiger partial charge >= 0.3 is 74.1 Å². The van der Waals surface area contributed by atoms with E-state index in [-0.39, 0.29) is 84.7 Å². The Hall–Kier alpha value is -4.48. The van der Waals surface area contributed by atoms with E-state index in [9.17, 15) is 168 Å². The molecular formula is C83H94F36O10. The number of aliphatic hydroxyl groups is 6. The number of alkyl halides is 36. The van der Waals surface area contributed by atoms with Gasteiger partial charge in [0.15, 0.2) is 0 Å². The van der Waals surface area contributed by atoms with Gasteiger partial charge in [-0.15, -0.1) is 0 Å². The smallest absolute Gasteiger partial charge is 0.377 e. The minimum Gasteiger partial charge on any atom is -0.377 e. The zero-order valence-corrected chi connectivity index (χ0v) is 67.4. The zero-order valence-electron chi connectivity index (χ0n) is 67.4. The number of ether oxygens (including phenoxy) is 4. The summed E-state index contributed by atoms with van der Waals surface area (Å²) in [6.45, 7) is -7.58. The van der Waals surface area contributed by atoms with Crippen LogP contribution >= 0.6 is 0 Å². The van der Waals surface area contributed by atoms with Gasteiger partial charge < -0.3 is 49.6 Å². The van der Waals surface area contributed by atoms with Crippen molar-refractivity contribution >= 4 is 0 Å². The van der Waals surface area contributed by atoms with Crippen LogP contribution in [0.25, 0.3) is 0 Å². The predicted molar refractivity (Wildman–Crippen MR) is 375 cm³/mol. The summed E-state index contributed by atoms with van der Waals surface area (Å²) in [4.78, 5) is 0. The summed E-state index contributed by atoms with van der Waals surface area (Å²) in [5, 5.41) is 54.8. The summed E-state index contributed by atoms with van der Waals surface area (Å²) in [6, 6.07) is 0. The van der Waals surface area contributed by atoms with Crippen molar-refractivity contribution in [2.75, 3.05) is 39.6 Å². The molecule has 18 aliphatic rings. The summed E-state index contributed by atoms with van der Waals surface area (Å²) in [5.41, 5.74) is -28.4. The van der Waals surface area contributed by atoms with Crippen LogP contribution in [-0.2, 0) is 18.9 Å². The van der Waals surface area contributed by atoms with Crippen LogP contribution in [0.3, 0.4) is 0 Å². The monoisotopic (exact) mass is 1930 g/mol. The van der Waals surface area contributed by atoms with Gasteiger partial charge in [0, 0.05) is 12.5 Å². The molecule has 129 heavy (non-hydrogen) atoms. The molecule has 6 N–H and O–H groups in total. The highest BCUT2D eigenvalue weighted by Gasteiger charge is 2.78. The van der Waals surface area contributed by atoms with Gasteiger partial charge in [0.05, 0.1) is 45.2 Å². The van der Waals surface area contributed by atoms with Gasteiger partial charge in [-0.1, -0.05) is 72.9 Å². The summed E-state index contributed by atoms with van der Waals surface area (Å²) in [6.07, 6.45) is -38.2. The number of fused-ring (bicyclic) bond motifs is 33. The largest absolute Gasteiger partial charge is 0.428 e.